The van der Waals surface area contributed by atoms with Crippen molar-refractivity contribution in [3.63, 3.8) is 0 Å². The molecule has 9 heteroatoms. The maximum absolute atomic E-state index is 14.9. The maximum Gasteiger partial charge on any atom is 0.264 e. The minimum Gasteiger partial charge on any atom is -0.354 e. The molecule has 1 N–H and O–H groups in total. The summed E-state index contributed by atoms with van der Waals surface area (Å²) in [4.78, 5) is 28.3. The molecule has 3 aromatic rings. The third kappa shape index (κ3) is 7.19. The number of amides is 2. The van der Waals surface area contributed by atoms with Crippen LogP contribution in [0.15, 0.2) is 89.8 Å². The number of anilines is 1. The minimum atomic E-state index is -4.31. The van der Waals surface area contributed by atoms with Gasteiger partial charge in [0.1, 0.15) is 18.4 Å². The van der Waals surface area contributed by atoms with Gasteiger partial charge in [0.15, 0.2) is 0 Å². The van der Waals surface area contributed by atoms with Crippen LogP contribution in [0.3, 0.4) is 0 Å². The minimum absolute atomic E-state index is 0.0765. The first-order valence-electron chi connectivity index (χ1n) is 12.6. The Morgan fingerprint density at radius 1 is 0.895 bits per heavy atom. The molecule has 0 aliphatic heterocycles. The van der Waals surface area contributed by atoms with Crippen LogP contribution in [0.4, 0.5) is 10.1 Å². The van der Waals surface area contributed by atoms with Crippen LogP contribution in [0.2, 0.25) is 0 Å². The van der Waals surface area contributed by atoms with Gasteiger partial charge in [0.2, 0.25) is 11.8 Å². The van der Waals surface area contributed by atoms with E-state index in [1.165, 1.54) is 35.2 Å². The summed E-state index contributed by atoms with van der Waals surface area (Å²) >= 11 is 0. The fourth-order valence-corrected chi connectivity index (χ4v) is 5.45. The standard InChI is InChI=1S/C29H34FN3O4S/c1-4-26(29(35)31-19-22(2)3)32(20-23-13-7-5-8-14-23)28(34)21-33(27-18-12-11-17-25(27)30)38(36,37)24-15-9-6-10-16-24/h5-18,22,26H,4,19-21H2,1-3H3,(H,31,35)/t26-/m1/s1. The van der Waals surface area contributed by atoms with Gasteiger partial charge in [-0.3, -0.25) is 13.9 Å². The van der Waals surface area contributed by atoms with Crippen molar-refractivity contribution < 1.29 is 22.4 Å². The molecule has 0 aliphatic carbocycles. The number of nitrogens with one attached hydrogen (secondary N) is 1. The summed E-state index contributed by atoms with van der Waals surface area (Å²) < 4.78 is 43.0. The van der Waals surface area contributed by atoms with E-state index in [9.17, 15) is 22.4 Å². The van der Waals surface area contributed by atoms with E-state index >= 15 is 0 Å². The van der Waals surface area contributed by atoms with Gasteiger partial charge in [0.25, 0.3) is 10.0 Å². The number of benzene rings is 3. The zero-order chi connectivity index (χ0) is 27.7. The molecule has 7 nitrogen and oxygen atoms in total. The number of hydrogen-bond donors (Lipinski definition) is 1. The van der Waals surface area contributed by atoms with Crippen LogP contribution in [-0.2, 0) is 26.2 Å². The van der Waals surface area contributed by atoms with Gasteiger partial charge in [0.05, 0.1) is 10.6 Å². The van der Waals surface area contributed by atoms with Crippen LogP contribution >= 0.6 is 0 Å². The second-order valence-corrected chi connectivity index (χ2v) is 11.2. The monoisotopic (exact) mass is 539 g/mol. The van der Waals surface area contributed by atoms with Crippen LogP contribution in [0.25, 0.3) is 0 Å². The predicted octanol–water partition coefficient (Wildman–Crippen LogP) is 4.60. The van der Waals surface area contributed by atoms with Crippen LogP contribution in [-0.4, -0.2) is 44.3 Å². The smallest absolute Gasteiger partial charge is 0.264 e. The van der Waals surface area contributed by atoms with E-state index in [0.29, 0.717) is 13.0 Å². The van der Waals surface area contributed by atoms with E-state index < -0.39 is 34.3 Å². The molecular weight excluding hydrogens is 505 g/mol. The number of sulfonamides is 1. The van der Waals surface area contributed by atoms with Gasteiger partial charge in [0, 0.05) is 13.1 Å². The molecule has 0 aliphatic rings. The summed E-state index contributed by atoms with van der Waals surface area (Å²) in [6.07, 6.45) is 0.313. The lowest BCUT2D eigenvalue weighted by Crippen LogP contribution is -2.52. The fourth-order valence-electron chi connectivity index (χ4n) is 4.01. The van der Waals surface area contributed by atoms with Crippen molar-refractivity contribution in [2.45, 2.75) is 44.7 Å². The Bertz CT molecular complexity index is 1320. The van der Waals surface area contributed by atoms with E-state index in [4.69, 9.17) is 0 Å². The molecule has 0 radical (unpaired) electrons. The van der Waals surface area contributed by atoms with Gasteiger partial charge in [-0.2, -0.15) is 0 Å². The molecular formula is C29H34FN3O4S. The molecule has 3 aromatic carbocycles. The summed E-state index contributed by atoms with van der Waals surface area (Å²) in [5.41, 5.74) is 0.529. The molecule has 3 rings (SSSR count). The first-order chi connectivity index (χ1) is 18.1. The lowest BCUT2D eigenvalue weighted by Gasteiger charge is -2.33. The van der Waals surface area contributed by atoms with Crippen LogP contribution in [0.5, 0.6) is 0 Å². The van der Waals surface area contributed by atoms with Crippen LogP contribution < -0.4 is 9.62 Å². The zero-order valence-electron chi connectivity index (χ0n) is 21.9. The number of carbonyl (C=O) groups is 2. The average molecular weight is 540 g/mol. The Morgan fingerprint density at radius 3 is 2.05 bits per heavy atom. The van der Waals surface area contributed by atoms with Crippen molar-refractivity contribution >= 4 is 27.5 Å². The van der Waals surface area contributed by atoms with Crippen molar-refractivity contribution in [3.8, 4) is 0 Å². The van der Waals surface area contributed by atoms with Gasteiger partial charge < -0.3 is 10.2 Å². The van der Waals surface area contributed by atoms with E-state index in [0.717, 1.165) is 15.9 Å². The Kier molecular flexibility index (Phi) is 10.0. The molecule has 0 saturated heterocycles. The van der Waals surface area contributed by atoms with Gasteiger partial charge in [-0.05, 0) is 42.2 Å². The fraction of sp³-hybridized carbons (Fsp3) is 0.310. The van der Waals surface area contributed by atoms with Crippen molar-refractivity contribution in [1.82, 2.24) is 10.2 Å². The highest BCUT2D eigenvalue weighted by atomic mass is 32.2. The molecule has 0 aromatic heterocycles. The van der Waals surface area contributed by atoms with Crippen LogP contribution in [0.1, 0.15) is 32.8 Å². The molecule has 0 heterocycles. The molecule has 202 valence electrons. The van der Waals surface area contributed by atoms with E-state index in [1.54, 1.807) is 25.1 Å². The van der Waals surface area contributed by atoms with E-state index in [2.05, 4.69) is 5.32 Å². The highest BCUT2D eigenvalue weighted by molar-refractivity contribution is 7.92. The molecule has 0 unspecified atom stereocenters. The number of nitrogens with zero attached hydrogens (tertiary/aromatic N) is 2. The summed E-state index contributed by atoms with van der Waals surface area (Å²) in [6.45, 7) is 5.57. The molecule has 0 fully saturated rings. The van der Waals surface area contributed by atoms with Crippen molar-refractivity contribution in [1.29, 1.82) is 0 Å². The topological polar surface area (TPSA) is 86.8 Å². The number of hydrogen-bond acceptors (Lipinski definition) is 4. The van der Waals surface area contributed by atoms with Crippen molar-refractivity contribution in [3.05, 3.63) is 96.3 Å². The van der Waals surface area contributed by atoms with Crippen molar-refractivity contribution in [2.24, 2.45) is 5.92 Å². The number of para-hydroxylation sites is 1. The number of halogens is 1. The second-order valence-electron chi connectivity index (χ2n) is 9.35. The van der Waals surface area contributed by atoms with E-state index in [1.807, 2.05) is 44.2 Å². The van der Waals surface area contributed by atoms with E-state index in [-0.39, 0.29) is 29.0 Å². The molecule has 1 atom stereocenters. The predicted molar refractivity (Wildman–Crippen MR) is 146 cm³/mol. The lowest BCUT2D eigenvalue weighted by molar-refractivity contribution is -0.140. The second kappa shape index (κ2) is 13.2. The Balaban J connectivity index is 2.03. The number of carbonyl (C=O) groups excluding carboxylic acids is 2. The van der Waals surface area contributed by atoms with Gasteiger partial charge in [-0.1, -0.05) is 81.4 Å². The van der Waals surface area contributed by atoms with Gasteiger partial charge in [-0.15, -0.1) is 0 Å². The molecule has 0 bridgehead atoms. The highest BCUT2D eigenvalue weighted by Gasteiger charge is 2.34. The molecule has 0 saturated carbocycles. The SMILES string of the molecule is CC[C@H](C(=O)NCC(C)C)N(Cc1ccccc1)C(=O)CN(c1ccccc1F)S(=O)(=O)c1ccccc1. The quantitative estimate of drug-likeness (QED) is 0.365. The third-order valence-electron chi connectivity index (χ3n) is 6.00. The third-order valence-corrected chi connectivity index (χ3v) is 7.77. The summed E-state index contributed by atoms with van der Waals surface area (Å²) in [5.74, 6) is -1.52. The Morgan fingerprint density at radius 2 is 1.47 bits per heavy atom. The highest BCUT2D eigenvalue weighted by Crippen LogP contribution is 2.27. The molecule has 38 heavy (non-hydrogen) atoms. The average Bonchev–Trinajstić information content (AvgIpc) is 2.91. The summed E-state index contributed by atoms with van der Waals surface area (Å²) in [7, 11) is -4.31. The maximum atomic E-state index is 14.9. The first kappa shape index (κ1) is 28.8. The van der Waals surface area contributed by atoms with Gasteiger partial charge >= 0.3 is 0 Å². The first-order valence-corrected chi connectivity index (χ1v) is 14.0. The van der Waals surface area contributed by atoms with Crippen molar-refractivity contribution in [2.75, 3.05) is 17.4 Å². The largest absolute Gasteiger partial charge is 0.354 e. The summed E-state index contributed by atoms with van der Waals surface area (Å²) in [5, 5.41) is 2.88. The Hall–Kier alpha value is -3.72. The lowest BCUT2D eigenvalue weighted by atomic mass is 10.1. The molecule has 0 spiro atoms. The summed E-state index contributed by atoms with van der Waals surface area (Å²) in [6, 6.07) is 21.3. The normalized spacial score (nSPS) is 12.1. The molecule has 2 amide bonds. The number of rotatable bonds is 12. The Labute approximate surface area is 224 Å². The van der Waals surface area contributed by atoms with Gasteiger partial charge in [-0.25, -0.2) is 12.8 Å². The zero-order valence-corrected chi connectivity index (χ0v) is 22.7. The van der Waals surface area contributed by atoms with Crippen LogP contribution in [0, 0.1) is 11.7 Å².